The van der Waals surface area contributed by atoms with Gasteiger partial charge in [0.05, 0.1) is 22.3 Å². The van der Waals surface area contributed by atoms with E-state index in [1.807, 2.05) is 6.26 Å². The molecule has 0 saturated carbocycles. The summed E-state index contributed by atoms with van der Waals surface area (Å²) in [5.74, 6) is -0.463. The lowest BCUT2D eigenvalue weighted by atomic mass is 10.1. The molecule has 1 saturated heterocycles. The van der Waals surface area contributed by atoms with Gasteiger partial charge in [-0.1, -0.05) is 0 Å². The van der Waals surface area contributed by atoms with Gasteiger partial charge in [0, 0.05) is 13.1 Å². The molecule has 1 unspecified atom stereocenters. The van der Waals surface area contributed by atoms with Gasteiger partial charge in [-0.25, -0.2) is 0 Å². The van der Waals surface area contributed by atoms with E-state index in [0.29, 0.717) is 10.6 Å². The number of rotatable bonds is 3. The summed E-state index contributed by atoms with van der Waals surface area (Å²) < 4.78 is 5.92. The third-order valence-electron chi connectivity index (χ3n) is 3.17. The molecule has 1 atom stereocenters. The Morgan fingerprint density at radius 1 is 1.55 bits per heavy atom. The van der Waals surface area contributed by atoms with Crippen molar-refractivity contribution in [3.8, 4) is 0 Å². The third-order valence-corrected chi connectivity index (χ3v) is 5.40. The van der Waals surface area contributed by atoms with E-state index >= 15 is 0 Å². The van der Waals surface area contributed by atoms with Crippen molar-refractivity contribution >= 4 is 39.7 Å². The Morgan fingerprint density at radius 2 is 2.20 bits per heavy atom. The maximum Gasteiger partial charge on any atom is 0.261 e. The topological polar surface area (TPSA) is 81.6 Å². The molecule has 0 aromatic carbocycles. The van der Waals surface area contributed by atoms with Crippen LogP contribution in [0.25, 0.3) is 0 Å². The molecule has 5 nitrogen and oxygen atoms in total. The number of nitrogens with two attached hydrogens (primary N) is 2. The van der Waals surface area contributed by atoms with Crippen LogP contribution in [-0.4, -0.2) is 37.0 Å². The Bertz CT molecular complexity index is 528. The average molecular weight is 315 g/mol. The summed E-state index contributed by atoms with van der Waals surface area (Å²) in [6.45, 7) is 7.75. The molecule has 2 heterocycles. The molecule has 0 radical (unpaired) electrons. The fraction of sp³-hybridized carbons (Fsp3) is 0.615. The minimum Gasteiger partial charge on any atom is -0.396 e. The molecule has 0 aliphatic carbocycles. The number of anilines is 2. The molecule has 1 aliphatic heterocycles. The summed E-state index contributed by atoms with van der Waals surface area (Å²) in [6.07, 6.45) is 2.09. The van der Waals surface area contributed by atoms with Crippen LogP contribution in [0.4, 0.5) is 10.7 Å². The van der Waals surface area contributed by atoms with Crippen molar-refractivity contribution in [2.75, 3.05) is 30.0 Å². The number of hydrogen-bond donors (Lipinski definition) is 2. The van der Waals surface area contributed by atoms with E-state index in [1.54, 1.807) is 11.8 Å². The molecule has 0 bridgehead atoms. The van der Waals surface area contributed by atoms with E-state index in [1.165, 1.54) is 11.3 Å². The van der Waals surface area contributed by atoms with Crippen LogP contribution in [0, 0.1) is 0 Å². The fourth-order valence-electron chi connectivity index (χ4n) is 2.61. The molecule has 1 aliphatic rings. The zero-order chi connectivity index (χ0) is 15.1. The standard InChI is InChI=1S/C13H21N3O2S2/c1-7-5-16(6-13(2,3)18-7)12-10(19-4)8(14)9(20-12)11(15)17/h7H,5-6,14H2,1-4H3,(H2,15,17). The first-order valence-electron chi connectivity index (χ1n) is 6.44. The minimum atomic E-state index is -0.463. The van der Waals surface area contributed by atoms with Gasteiger partial charge < -0.3 is 21.1 Å². The molecule has 1 fully saturated rings. The summed E-state index contributed by atoms with van der Waals surface area (Å²) in [6, 6.07) is 0. The molecular formula is C13H21N3O2S2. The number of hydrogen-bond acceptors (Lipinski definition) is 6. The smallest absolute Gasteiger partial charge is 0.261 e. The number of nitrogen functional groups attached to an aromatic ring is 1. The highest BCUT2D eigenvalue weighted by atomic mass is 32.2. The van der Waals surface area contributed by atoms with Crippen molar-refractivity contribution < 1.29 is 9.53 Å². The van der Waals surface area contributed by atoms with E-state index in [2.05, 4.69) is 25.7 Å². The highest BCUT2D eigenvalue weighted by Crippen LogP contribution is 2.45. The Balaban J connectivity index is 2.41. The number of nitrogens with zero attached hydrogens (tertiary/aromatic N) is 1. The van der Waals surface area contributed by atoms with Crippen molar-refractivity contribution in [2.45, 2.75) is 37.4 Å². The van der Waals surface area contributed by atoms with Crippen LogP contribution in [0.5, 0.6) is 0 Å². The molecule has 0 spiro atoms. The molecule has 4 N–H and O–H groups in total. The molecule has 1 aromatic heterocycles. The summed E-state index contributed by atoms with van der Waals surface area (Å²) in [5, 5.41) is 1.02. The molecule has 2 rings (SSSR count). The molecule has 112 valence electrons. The normalized spacial score (nSPS) is 22.0. The molecule has 7 heteroatoms. The number of amides is 1. The van der Waals surface area contributed by atoms with Gasteiger partial charge in [0.15, 0.2) is 0 Å². The van der Waals surface area contributed by atoms with Gasteiger partial charge >= 0.3 is 0 Å². The summed E-state index contributed by atoms with van der Waals surface area (Å²) in [4.78, 5) is 15.1. The lowest BCUT2D eigenvalue weighted by Gasteiger charge is -2.42. The lowest BCUT2D eigenvalue weighted by molar-refractivity contribution is -0.0749. The maximum atomic E-state index is 11.5. The quantitative estimate of drug-likeness (QED) is 0.835. The number of ether oxygens (including phenoxy) is 1. The lowest BCUT2D eigenvalue weighted by Crippen LogP contribution is -2.51. The molecular weight excluding hydrogens is 294 g/mol. The van der Waals surface area contributed by atoms with E-state index in [0.717, 1.165) is 23.0 Å². The second-order valence-electron chi connectivity index (χ2n) is 5.62. The number of carbonyl (C=O) groups is 1. The monoisotopic (exact) mass is 315 g/mol. The third kappa shape index (κ3) is 2.89. The number of thioether (sulfide) groups is 1. The first kappa shape index (κ1) is 15.5. The Kier molecular flexibility index (Phi) is 4.22. The summed E-state index contributed by atoms with van der Waals surface area (Å²) in [7, 11) is 0. The number of carbonyl (C=O) groups excluding carboxylic acids is 1. The second kappa shape index (κ2) is 5.46. The Hall–Kier alpha value is -0.920. The zero-order valence-electron chi connectivity index (χ0n) is 12.2. The van der Waals surface area contributed by atoms with Crippen molar-refractivity contribution in [1.29, 1.82) is 0 Å². The SMILES string of the molecule is CSc1c(N2CC(C)OC(C)(C)C2)sc(C(N)=O)c1N. The van der Waals surface area contributed by atoms with Gasteiger partial charge in [0.1, 0.15) is 9.88 Å². The fourth-order valence-corrected chi connectivity index (χ4v) is 4.66. The van der Waals surface area contributed by atoms with Crippen LogP contribution in [0.15, 0.2) is 4.90 Å². The largest absolute Gasteiger partial charge is 0.396 e. The van der Waals surface area contributed by atoms with Crippen molar-refractivity contribution in [2.24, 2.45) is 5.73 Å². The van der Waals surface area contributed by atoms with Gasteiger partial charge in [-0.15, -0.1) is 23.1 Å². The van der Waals surface area contributed by atoms with Crippen molar-refractivity contribution in [3.63, 3.8) is 0 Å². The summed E-state index contributed by atoms with van der Waals surface area (Å²) in [5.41, 5.74) is 11.7. The first-order valence-corrected chi connectivity index (χ1v) is 8.48. The van der Waals surface area contributed by atoms with E-state index in [4.69, 9.17) is 16.2 Å². The van der Waals surface area contributed by atoms with Gasteiger partial charge in [-0.2, -0.15) is 0 Å². The highest BCUT2D eigenvalue weighted by Gasteiger charge is 2.34. The van der Waals surface area contributed by atoms with E-state index < -0.39 is 5.91 Å². The molecule has 1 amide bonds. The van der Waals surface area contributed by atoms with E-state index in [9.17, 15) is 4.79 Å². The molecule has 20 heavy (non-hydrogen) atoms. The van der Waals surface area contributed by atoms with Crippen LogP contribution in [0.1, 0.15) is 30.4 Å². The van der Waals surface area contributed by atoms with Crippen molar-refractivity contribution in [3.05, 3.63) is 4.88 Å². The average Bonchev–Trinajstić information content (AvgIpc) is 2.63. The Labute approximate surface area is 127 Å². The predicted molar refractivity (Wildman–Crippen MR) is 85.9 cm³/mol. The van der Waals surface area contributed by atoms with Crippen molar-refractivity contribution in [1.82, 2.24) is 0 Å². The first-order chi connectivity index (χ1) is 9.25. The Morgan fingerprint density at radius 3 is 2.70 bits per heavy atom. The van der Waals surface area contributed by atoms with Gasteiger partial charge in [0.25, 0.3) is 5.91 Å². The maximum absolute atomic E-state index is 11.5. The second-order valence-corrected chi connectivity index (χ2v) is 7.43. The van der Waals surface area contributed by atoms with E-state index in [-0.39, 0.29) is 11.7 Å². The number of thiophene rings is 1. The zero-order valence-corrected chi connectivity index (χ0v) is 13.9. The van der Waals surface area contributed by atoms with Gasteiger partial charge in [-0.05, 0) is 27.0 Å². The van der Waals surface area contributed by atoms with Crippen LogP contribution < -0.4 is 16.4 Å². The number of morpholine rings is 1. The van der Waals surface area contributed by atoms with Crippen LogP contribution in [0.3, 0.4) is 0 Å². The van der Waals surface area contributed by atoms with Gasteiger partial charge in [-0.3, -0.25) is 4.79 Å². The van der Waals surface area contributed by atoms with Crippen LogP contribution in [-0.2, 0) is 4.74 Å². The number of primary amides is 1. The van der Waals surface area contributed by atoms with Gasteiger partial charge in [0.2, 0.25) is 0 Å². The van der Waals surface area contributed by atoms with Crippen LogP contribution >= 0.6 is 23.1 Å². The predicted octanol–water partition coefficient (Wildman–Crippen LogP) is 2.15. The molecule has 1 aromatic rings. The van der Waals surface area contributed by atoms with Crippen LogP contribution in [0.2, 0.25) is 0 Å². The highest BCUT2D eigenvalue weighted by molar-refractivity contribution is 7.99. The minimum absolute atomic E-state index is 0.133. The summed E-state index contributed by atoms with van der Waals surface area (Å²) >= 11 is 2.93.